The van der Waals surface area contributed by atoms with Gasteiger partial charge in [0.15, 0.2) is 0 Å². The Kier molecular flexibility index (Phi) is 5.27. The van der Waals surface area contributed by atoms with Crippen molar-refractivity contribution in [3.8, 4) is 0 Å². The molecule has 0 saturated heterocycles. The summed E-state index contributed by atoms with van der Waals surface area (Å²) in [4.78, 5) is 10.4. The van der Waals surface area contributed by atoms with Crippen molar-refractivity contribution in [1.82, 2.24) is 4.72 Å². The van der Waals surface area contributed by atoms with E-state index in [-0.39, 0.29) is 4.90 Å². The van der Waals surface area contributed by atoms with Crippen LogP contribution in [0.3, 0.4) is 0 Å². The Morgan fingerprint density at radius 1 is 1.29 bits per heavy atom. The Hall–Kier alpha value is -1.70. The lowest BCUT2D eigenvalue weighted by atomic mass is 10.0. The van der Waals surface area contributed by atoms with Gasteiger partial charge in [0.05, 0.1) is 16.5 Å². The highest BCUT2D eigenvalue weighted by Gasteiger charge is 2.30. The van der Waals surface area contributed by atoms with E-state index >= 15 is 0 Å². The molecular formula is C14H19NO5S. The second kappa shape index (κ2) is 6.38. The number of rotatable bonds is 6. The predicted octanol–water partition coefficient (Wildman–Crippen LogP) is 1.22. The van der Waals surface area contributed by atoms with Crippen LogP contribution in [0, 0.1) is 0 Å². The number of hydrogen-bond acceptors (Lipinski definition) is 4. The molecule has 6 nitrogen and oxygen atoms in total. The Balaban J connectivity index is 2.98. The summed E-state index contributed by atoms with van der Waals surface area (Å²) in [5.41, 5.74) is -0.424. The molecule has 0 aliphatic heterocycles. The maximum Gasteiger partial charge on any atom is 0.328 e. The second-order valence-corrected chi connectivity index (χ2v) is 6.93. The van der Waals surface area contributed by atoms with Gasteiger partial charge in [-0.05, 0) is 44.5 Å². The summed E-state index contributed by atoms with van der Waals surface area (Å²) in [6, 6.07) is 5.76. The molecule has 116 valence electrons. The van der Waals surface area contributed by atoms with Gasteiger partial charge in [0.2, 0.25) is 10.0 Å². The van der Waals surface area contributed by atoms with Gasteiger partial charge in [-0.2, -0.15) is 0 Å². The molecule has 1 atom stereocenters. The lowest BCUT2D eigenvalue weighted by Crippen LogP contribution is -2.50. The van der Waals surface area contributed by atoms with Crippen LogP contribution in [0.2, 0.25) is 0 Å². The van der Waals surface area contributed by atoms with E-state index < -0.39 is 27.6 Å². The van der Waals surface area contributed by atoms with E-state index in [0.29, 0.717) is 5.56 Å². The summed E-state index contributed by atoms with van der Waals surface area (Å²) in [5, 5.41) is 18.1. The highest BCUT2D eigenvalue weighted by molar-refractivity contribution is 7.89. The molecule has 0 aromatic heterocycles. The van der Waals surface area contributed by atoms with Crippen molar-refractivity contribution in [2.24, 2.45) is 0 Å². The first-order valence-corrected chi connectivity index (χ1v) is 7.76. The molecule has 0 amide bonds. The zero-order chi connectivity index (χ0) is 16.3. The van der Waals surface area contributed by atoms with Crippen molar-refractivity contribution in [1.29, 1.82) is 0 Å². The molecular weight excluding hydrogens is 294 g/mol. The van der Waals surface area contributed by atoms with E-state index in [9.17, 15) is 18.3 Å². The molecule has 21 heavy (non-hydrogen) atoms. The fourth-order valence-electron chi connectivity index (χ4n) is 1.42. The lowest BCUT2D eigenvalue weighted by Gasteiger charge is -2.28. The maximum atomic E-state index is 12.2. The third-order valence-corrected chi connectivity index (χ3v) is 4.74. The summed E-state index contributed by atoms with van der Waals surface area (Å²) in [5.74, 6) is -1.08. The minimum absolute atomic E-state index is 0.0451. The predicted molar refractivity (Wildman–Crippen MR) is 79.2 cm³/mol. The first-order chi connectivity index (χ1) is 9.54. The number of carboxylic acids is 1. The summed E-state index contributed by atoms with van der Waals surface area (Å²) in [6.45, 7) is 4.67. The van der Waals surface area contributed by atoms with Gasteiger partial charge >= 0.3 is 5.97 Å². The summed E-state index contributed by atoms with van der Waals surface area (Å²) < 4.78 is 26.8. The standard InChI is InChI=1S/C14H19NO5S/c1-10(16)14(2,3)15-21(19,20)12-7-4-11(5-8-12)6-9-13(17)18/h4-10,15-16H,1-3H3,(H,17,18)/b9-6+. The normalized spacial score (nSPS) is 14.3. The number of sulfonamides is 1. The van der Waals surface area contributed by atoms with E-state index in [0.717, 1.165) is 6.08 Å². The molecule has 3 N–H and O–H groups in total. The molecule has 1 rings (SSSR count). The number of aliphatic hydroxyl groups excluding tert-OH is 1. The van der Waals surface area contributed by atoms with Crippen molar-refractivity contribution < 1.29 is 23.4 Å². The molecule has 0 aliphatic rings. The lowest BCUT2D eigenvalue weighted by molar-refractivity contribution is -0.131. The third-order valence-electron chi connectivity index (χ3n) is 3.05. The van der Waals surface area contributed by atoms with Gasteiger partial charge in [0.25, 0.3) is 0 Å². The van der Waals surface area contributed by atoms with Gasteiger partial charge in [0, 0.05) is 6.08 Å². The van der Waals surface area contributed by atoms with E-state index in [1.54, 1.807) is 13.8 Å². The highest BCUT2D eigenvalue weighted by atomic mass is 32.2. The van der Waals surface area contributed by atoms with Gasteiger partial charge in [-0.25, -0.2) is 17.9 Å². The Morgan fingerprint density at radius 2 is 1.81 bits per heavy atom. The van der Waals surface area contributed by atoms with Crippen molar-refractivity contribution in [3.63, 3.8) is 0 Å². The first kappa shape index (κ1) is 17.4. The Labute approximate surface area is 124 Å². The van der Waals surface area contributed by atoms with E-state index in [2.05, 4.69) is 4.72 Å². The van der Waals surface area contributed by atoms with E-state index in [1.165, 1.54) is 37.3 Å². The Morgan fingerprint density at radius 3 is 2.24 bits per heavy atom. The molecule has 0 heterocycles. The van der Waals surface area contributed by atoms with Crippen molar-refractivity contribution in [2.75, 3.05) is 0 Å². The average Bonchev–Trinajstić information content (AvgIpc) is 2.35. The van der Waals surface area contributed by atoms with E-state index in [1.807, 2.05) is 0 Å². The summed E-state index contributed by atoms with van der Waals surface area (Å²) >= 11 is 0. The number of carboxylic acid groups (broad SMARTS) is 1. The van der Waals surface area contributed by atoms with Crippen molar-refractivity contribution in [2.45, 2.75) is 37.3 Å². The van der Waals surface area contributed by atoms with Crippen LogP contribution in [0.15, 0.2) is 35.2 Å². The summed E-state index contributed by atoms with van der Waals surface area (Å²) in [7, 11) is -3.76. The van der Waals surface area contributed by atoms with Crippen molar-refractivity contribution in [3.05, 3.63) is 35.9 Å². The van der Waals surface area contributed by atoms with Gasteiger partial charge in [-0.3, -0.25) is 0 Å². The van der Waals surface area contributed by atoms with Crippen LogP contribution in [0.1, 0.15) is 26.3 Å². The smallest absolute Gasteiger partial charge is 0.328 e. The van der Waals surface area contributed by atoms with Crippen LogP contribution in [0.5, 0.6) is 0 Å². The maximum absolute atomic E-state index is 12.2. The minimum Gasteiger partial charge on any atom is -0.478 e. The van der Waals surface area contributed by atoms with E-state index in [4.69, 9.17) is 5.11 Å². The molecule has 7 heteroatoms. The molecule has 1 aromatic rings. The number of benzene rings is 1. The van der Waals surface area contributed by atoms with Crippen LogP contribution < -0.4 is 4.72 Å². The fourth-order valence-corrected chi connectivity index (χ4v) is 2.89. The van der Waals surface area contributed by atoms with Gasteiger partial charge in [0.1, 0.15) is 0 Å². The largest absolute Gasteiger partial charge is 0.478 e. The van der Waals surface area contributed by atoms with Gasteiger partial charge in [-0.15, -0.1) is 0 Å². The van der Waals surface area contributed by atoms with Gasteiger partial charge in [-0.1, -0.05) is 12.1 Å². The minimum atomic E-state index is -3.76. The molecule has 1 aromatic carbocycles. The molecule has 1 unspecified atom stereocenters. The topological polar surface area (TPSA) is 104 Å². The average molecular weight is 313 g/mol. The molecule has 0 fully saturated rings. The second-order valence-electron chi connectivity index (χ2n) is 5.24. The quantitative estimate of drug-likeness (QED) is 0.685. The number of carbonyl (C=O) groups is 1. The molecule has 0 radical (unpaired) electrons. The number of aliphatic carboxylic acids is 1. The summed E-state index contributed by atoms with van der Waals surface area (Å²) in [6.07, 6.45) is 1.48. The molecule has 0 bridgehead atoms. The third kappa shape index (κ3) is 4.96. The van der Waals surface area contributed by atoms with Crippen LogP contribution in [-0.2, 0) is 14.8 Å². The molecule has 0 saturated carbocycles. The zero-order valence-electron chi connectivity index (χ0n) is 12.1. The van der Waals surface area contributed by atoms with Crippen LogP contribution in [0.25, 0.3) is 6.08 Å². The highest BCUT2D eigenvalue weighted by Crippen LogP contribution is 2.17. The SMILES string of the molecule is CC(O)C(C)(C)NS(=O)(=O)c1ccc(/C=C/C(=O)O)cc1. The Bertz CT molecular complexity index is 630. The first-order valence-electron chi connectivity index (χ1n) is 6.28. The molecule has 0 spiro atoms. The number of hydrogen-bond donors (Lipinski definition) is 3. The monoisotopic (exact) mass is 313 g/mol. The van der Waals surface area contributed by atoms with Crippen molar-refractivity contribution >= 4 is 22.1 Å². The number of aliphatic hydroxyl groups is 1. The zero-order valence-corrected chi connectivity index (χ0v) is 12.9. The number of nitrogens with one attached hydrogen (secondary N) is 1. The van der Waals surface area contributed by atoms with Crippen LogP contribution >= 0.6 is 0 Å². The van der Waals surface area contributed by atoms with Crippen LogP contribution in [-0.4, -0.2) is 36.2 Å². The fraction of sp³-hybridized carbons (Fsp3) is 0.357. The van der Waals surface area contributed by atoms with Crippen LogP contribution in [0.4, 0.5) is 0 Å². The van der Waals surface area contributed by atoms with Gasteiger partial charge < -0.3 is 10.2 Å². The molecule has 0 aliphatic carbocycles.